The van der Waals surface area contributed by atoms with Crippen LogP contribution in [0.5, 0.6) is 5.75 Å². The van der Waals surface area contributed by atoms with Crippen molar-refractivity contribution in [2.45, 2.75) is 19.3 Å². The molecule has 0 radical (unpaired) electrons. The molecule has 4 rings (SSSR count). The quantitative estimate of drug-likeness (QED) is 0.577. The number of para-hydroxylation sites is 1. The van der Waals surface area contributed by atoms with Crippen LogP contribution < -0.4 is 15.4 Å². The average molecular weight is 450 g/mol. The van der Waals surface area contributed by atoms with Crippen molar-refractivity contribution in [3.05, 3.63) is 24.3 Å². The van der Waals surface area contributed by atoms with Gasteiger partial charge in [0.15, 0.2) is 5.01 Å². The van der Waals surface area contributed by atoms with Gasteiger partial charge in [0.25, 0.3) is 0 Å². The second-order valence-corrected chi connectivity index (χ2v) is 7.90. The van der Waals surface area contributed by atoms with Gasteiger partial charge in [0.2, 0.25) is 17.0 Å². The highest BCUT2D eigenvalue weighted by Gasteiger charge is 2.20. The molecule has 1 saturated heterocycles. The number of ether oxygens (including phenoxy) is 1. The molecule has 142 valence electrons. The molecule has 0 atom stereocenters. The molecule has 0 saturated carbocycles. The zero-order valence-electron chi connectivity index (χ0n) is 14.7. The van der Waals surface area contributed by atoms with E-state index in [0.717, 1.165) is 47.6 Å². The SMILES string of the molecule is Nc1nc(N2CCCCC2)nn1-c1nnc(-c2ccccc2OCCBr)s1. The number of anilines is 2. The lowest BCUT2D eigenvalue weighted by atomic mass is 10.1. The lowest BCUT2D eigenvalue weighted by molar-refractivity contribution is 0.346. The van der Waals surface area contributed by atoms with Crippen molar-refractivity contribution in [3.63, 3.8) is 0 Å². The molecular formula is C17H20BrN7OS. The fraction of sp³-hybridized carbons (Fsp3) is 0.412. The second-order valence-electron chi connectivity index (χ2n) is 6.15. The van der Waals surface area contributed by atoms with E-state index in [1.54, 1.807) is 4.68 Å². The van der Waals surface area contributed by atoms with Crippen molar-refractivity contribution in [1.29, 1.82) is 0 Å². The van der Waals surface area contributed by atoms with Gasteiger partial charge in [0, 0.05) is 18.4 Å². The van der Waals surface area contributed by atoms with E-state index in [-0.39, 0.29) is 0 Å². The van der Waals surface area contributed by atoms with Crippen LogP contribution in [0.15, 0.2) is 24.3 Å². The summed E-state index contributed by atoms with van der Waals surface area (Å²) in [5.74, 6) is 1.76. The summed E-state index contributed by atoms with van der Waals surface area (Å²) in [5.41, 5.74) is 7.00. The molecule has 0 bridgehead atoms. The maximum Gasteiger partial charge on any atom is 0.247 e. The monoisotopic (exact) mass is 449 g/mol. The number of rotatable bonds is 6. The number of aromatic nitrogens is 5. The molecule has 8 nitrogen and oxygen atoms in total. The van der Waals surface area contributed by atoms with E-state index >= 15 is 0 Å². The number of hydrogen-bond donors (Lipinski definition) is 1. The van der Waals surface area contributed by atoms with Gasteiger partial charge in [-0.3, -0.25) is 0 Å². The van der Waals surface area contributed by atoms with Crippen molar-refractivity contribution in [2.24, 2.45) is 0 Å². The minimum atomic E-state index is 0.321. The lowest BCUT2D eigenvalue weighted by Gasteiger charge is -2.24. The highest BCUT2D eigenvalue weighted by Crippen LogP contribution is 2.33. The smallest absolute Gasteiger partial charge is 0.247 e. The molecule has 27 heavy (non-hydrogen) atoms. The standard InChI is InChI=1S/C17H20BrN7OS/c18-8-11-26-13-7-3-2-6-12(13)14-21-22-17(27-14)25-15(19)20-16(23-25)24-9-4-1-5-10-24/h2-3,6-7H,1,4-5,8-11H2,(H2,19,20,23). The molecule has 1 fully saturated rings. The average Bonchev–Trinajstić information content (AvgIpc) is 3.34. The van der Waals surface area contributed by atoms with Gasteiger partial charge in [-0.05, 0) is 31.4 Å². The molecule has 3 aromatic rings. The Morgan fingerprint density at radius 2 is 1.96 bits per heavy atom. The number of hydrogen-bond acceptors (Lipinski definition) is 8. The molecule has 1 aliphatic rings. The minimum absolute atomic E-state index is 0.321. The van der Waals surface area contributed by atoms with Gasteiger partial charge in [-0.15, -0.1) is 15.3 Å². The van der Waals surface area contributed by atoms with Gasteiger partial charge in [-0.2, -0.15) is 9.67 Å². The predicted octanol–water partition coefficient (Wildman–Crippen LogP) is 3.13. The Hall–Kier alpha value is -2.20. The molecule has 3 heterocycles. The first kappa shape index (κ1) is 18.2. The molecule has 2 N–H and O–H groups in total. The third kappa shape index (κ3) is 3.91. The maximum atomic E-state index is 6.10. The first-order valence-corrected chi connectivity index (χ1v) is 10.8. The Morgan fingerprint density at radius 3 is 2.78 bits per heavy atom. The fourth-order valence-electron chi connectivity index (χ4n) is 3.01. The number of alkyl halides is 1. The number of nitrogen functional groups attached to an aromatic ring is 1. The highest BCUT2D eigenvalue weighted by atomic mass is 79.9. The Labute approximate surface area is 169 Å². The molecule has 1 aliphatic heterocycles. The molecule has 0 aliphatic carbocycles. The topological polar surface area (TPSA) is 95.0 Å². The van der Waals surface area contributed by atoms with Crippen LogP contribution in [-0.2, 0) is 0 Å². The lowest BCUT2D eigenvalue weighted by Crippen LogP contribution is -2.30. The van der Waals surface area contributed by atoms with Crippen LogP contribution in [0.1, 0.15) is 19.3 Å². The Balaban J connectivity index is 1.61. The van der Waals surface area contributed by atoms with Gasteiger partial charge >= 0.3 is 0 Å². The van der Waals surface area contributed by atoms with Crippen molar-refractivity contribution < 1.29 is 4.74 Å². The number of nitrogens with zero attached hydrogens (tertiary/aromatic N) is 6. The summed E-state index contributed by atoms with van der Waals surface area (Å²) >= 11 is 4.79. The maximum absolute atomic E-state index is 6.10. The summed E-state index contributed by atoms with van der Waals surface area (Å²) in [7, 11) is 0. The first-order chi connectivity index (χ1) is 13.3. The van der Waals surface area contributed by atoms with Crippen LogP contribution in [0.2, 0.25) is 0 Å². The highest BCUT2D eigenvalue weighted by molar-refractivity contribution is 9.09. The molecule has 2 aromatic heterocycles. The molecular weight excluding hydrogens is 430 g/mol. The van der Waals surface area contributed by atoms with E-state index in [2.05, 4.69) is 41.1 Å². The van der Waals surface area contributed by atoms with E-state index in [1.165, 1.54) is 17.8 Å². The third-order valence-electron chi connectivity index (χ3n) is 4.31. The van der Waals surface area contributed by atoms with Crippen LogP contribution in [0, 0.1) is 0 Å². The molecule has 0 amide bonds. The van der Waals surface area contributed by atoms with Gasteiger partial charge in [-0.25, -0.2) is 0 Å². The first-order valence-electron chi connectivity index (χ1n) is 8.86. The van der Waals surface area contributed by atoms with Crippen molar-refractivity contribution in [3.8, 4) is 21.5 Å². The van der Waals surface area contributed by atoms with E-state index < -0.39 is 0 Å². The summed E-state index contributed by atoms with van der Waals surface area (Å²) in [6.45, 7) is 2.50. The van der Waals surface area contributed by atoms with Gasteiger partial charge in [0.05, 0.1) is 12.2 Å². The van der Waals surface area contributed by atoms with E-state index in [0.29, 0.717) is 23.6 Å². The predicted molar refractivity (Wildman–Crippen MR) is 110 cm³/mol. The molecule has 10 heteroatoms. The summed E-state index contributed by atoms with van der Waals surface area (Å²) in [4.78, 5) is 6.58. The third-order valence-corrected chi connectivity index (χ3v) is 5.56. The summed E-state index contributed by atoms with van der Waals surface area (Å²) < 4.78 is 7.35. The molecule has 0 spiro atoms. The van der Waals surface area contributed by atoms with Gasteiger partial charge in [0.1, 0.15) is 5.75 Å². The summed E-state index contributed by atoms with van der Waals surface area (Å²) in [5, 5.41) is 15.2. The summed E-state index contributed by atoms with van der Waals surface area (Å²) in [6, 6.07) is 7.79. The van der Waals surface area contributed by atoms with Gasteiger partial charge in [-0.1, -0.05) is 39.4 Å². The second kappa shape index (κ2) is 8.22. The van der Waals surface area contributed by atoms with Crippen LogP contribution >= 0.6 is 27.3 Å². The normalized spacial score (nSPS) is 14.5. The van der Waals surface area contributed by atoms with Crippen molar-refractivity contribution in [2.75, 3.05) is 35.7 Å². The Kier molecular flexibility index (Phi) is 5.53. The van der Waals surface area contributed by atoms with Crippen LogP contribution in [0.25, 0.3) is 15.7 Å². The van der Waals surface area contributed by atoms with E-state index in [9.17, 15) is 0 Å². The molecule has 1 aromatic carbocycles. The largest absolute Gasteiger partial charge is 0.492 e. The van der Waals surface area contributed by atoms with Crippen molar-refractivity contribution in [1.82, 2.24) is 25.0 Å². The van der Waals surface area contributed by atoms with E-state index in [4.69, 9.17) is 10.5 Å². The van der Waals surface area contributed by atoms with Crippen LogP contribution in [0.4, 0.5) is 11.9 Å². The Morgan fingerprint density at radius 1 is 1.15 bits per heavy atom. The zero-order chi connectivity index (χ0) is 18.6. The zero-order valence-corrected chi connectivity index (χ0v) is 17.1. The number of halogens is 1. The number of piperidine rings is 1. The van der Waals surface area contributed by atoms with Crippen LogP contribution in [0.3, 0.4) is 0 Å². The minimum Gasteiger partial charge on any atom is -0.492 e. The van der Waals surface area contributed by atoms with Gasteiger partial charge < -0.3 is 15.4 Å². The Bertz CT molecular complexity index is 906. The van der Waals surface area contributed by atoms with Crippen LogP contribution in [-0.4, -0.2) is 50.0 Å². The summed E-state index contributed by atoms with van der Waals surface area (Å²) in [6.07, 6.45) is 3.56. The van der Waals surface area contributed by atoms with E-state index in [1.807, 2.05) is 24.3 Å². The van der Waals surface area contributed by atoms with Crippen molar-refractivity contribution >= 4 is 39.2 Å². The number of benzene rings is 1. The fourth-order valence-corrected chi connectivity index (χ4v) is 4.01. The number of nitrogens with two attached hydrogens (primary N) is 1. The molecule has 0 unspecified atom stereocenters.